The molecule has 0 aliphatic carbocycles. The minimum absolute atomic E-state index is 0.466. The molecule has 1 N–H and O–H groups in total. The third-order valence-electron chi connectivity index (χ3n) is 3.13. The predicted octanol–water partition coefficient (Wildman–Crippen LogP) is 4.23. The molecule has 0 saturated carbocycles. The lowest BCUT2D eigenvalue weighted by atomic mass is 9.96. The van der Waals surface area contributed by atoms with Gasteiger partial charge in [0.05, 0.1) is 6.10 Å². The Morgan fingerprint density at radius 3 is 2.33 bits per heavy atom. The Hall–Kier alpha value is -1.31. The van der Waals surface area contributed by atoms with E-state index in [-0.39, 0.29) is 0 Å². The van der Waals surface area contributed by atoms with Crippen molar-refractivity contribution in [1.29, 1.82) is 0 Å². The molecule has 2 heteroatoms. The summed E-state index contributed by atoms with van der Waals surface area (Å²) < 4.78 is 0. The highest BCUT2D eigenvalue weighted by Crippen LogP contribution is 2.23. The Bertz CT molecular complexity index is 531. The van der Waals surface area contributed by atoms with Crippen LogP contribution in [0.15, 0.2) is 42.5 Å². The zero-order valence-corrected chi connectivity index (χ0v) is 11.4. The summed E-state index contributed by atoms with van der Waals surface area (Å²) in [4.78, 5) is 0. The summed E-state index contributed by atoms with van der Waals surface area (Å²) in [6.45, 7) is 4.09. The van der Waals surface area contributed by atoms with E-state index in [0.717, 1.165) is 21.7 Å². The lowest BCUT2D eigenvalue weighted by Crippen LogP contribution is -2.04. The van der Waals surface area contributed by atoms with E-state index in [1.807, 2.05) is 43.3 Å². The molecule has 1 nitrogen and oxygen atoms in total. The van der Waals surface area contributed by atoms with Gasteiger partial charge in [-0.1, -0.05) is 47.5 Å². The highest BCUT2D eigenvalue weighted by molar-refractivity contribution is 6.30. The van der Waals surface area contributed by atoms with Crippen molar-refractivity contribution >= 4 is 11.6 Å². The molecule has 18 heavy (non-hydrogen) atoms. The summed E-state index contributed by atoms with van der Waals surface area (Å²) in [5, 5.41) is 11.0. The summed E-state index contributed by atoms with van der Waals surface area (Å²) in [6, 6.07) is 13.8. The molecule has 0 amide bonds. The number of aliphatic hydroxyl groups is 1. The lowest BCUT2D eigenvalue weighted by molar-refractivity contribution is 0.177. The average Bonchev–Trinajstić information content (AvgIpc) is 2.32. The summed E-state index contributed by atoms with van der Waals surface area (Å²) in [7, 11) is 0. The average molecular weight is 261 g/mol. The molecular weight excluding hydrogens is 244 g/mol. The molecule has 2 aromatic rings. The molecule has 0 bridgehead atoms. The van der Waals surface area contributed by atoms with E-state index in [1.165, 1.54) is 5.56 Å². The number of aryl methyl sites for hydroxylation is 2. The van der Waals surface area contributed by atoms with Gasteiger partial charge >= 0.3 is 0 Å². The van der Waals surface area contributed by atoms with E-state index in [2.05, 4.69) is 13.0 Å². The van der Waals surface area contributed by atoms with Crippen LogP contribution >= 0.6 is 11.6 Å². The lowest BCUT2D eigenvalue weighted by Gasteiger charge is -2.14. The Kier molecular flexibility index (Phi) is 4.05. The Balaban J connectivity index is 2.16. The molecular formula is C16H17ClO. The van der Waals surface area contributed by atoms with Crippen LogP contribution in [0.3, 0.4) is 0 Å². The van der Waals surface area contributed by atoms with Crippen molar-refractivity contribution in [2.24, 2.45) is 0 Å². The smallest absolute Gasteiger partial charge is 0.0832 e. The van der Waals surface area contributed by atoms with Crippen LogP contribution in [0.2, 0.25) is 5.02 Å². The topological polar surface area (TPSA) is 20.2 Å². The number of rotatable bonds is 3. The summed E-state index contributed by atoms with van der Waals surface area (Å²) in [5.74, 6) is 0. The normalized spacial score (nSPS) is 12.4. The molecule has 0 saturated heterocycles. The zero-order valence-electron chi connectivity index (χ0n) is 10.7. The zero-order chi connectivity index (χ0) is 13.1. The van der Waals surface area contributed by atoms with Crippen molar-refractivity contribution in [2.45, 2.75) is 26.4 Å². The van der Waals surface area contributed by atoms with Gasteiger partial charge in [0.2, 0.25) is 0 Å². The summed E-state index contributed by atoms with van der Waals surface area (Å²) in [5.41, 5.74) is 4.44. The molecule has 94 valence electrons. The van der Waals surface area contributed by atoms with Crippen molar-refractivity contribution in [2.75, 3.05) is 0 Å². The van der Waals surface area contributed by atoms with Gasteiger partial charge < -0.3 is 5.11 Å². The Morgan fingerprint density at radius 1 is 1.06 bits per heavy atom. The van der Waals surface area contributed by atoms with Crippen LogP contribution < -0.4 is 0 Å². The van der Waals surface area contributed by atoms with E-state index in [9.17, 15) is 5.11 Å². The second-order valence-corrected chi connectivity index (χ2v) is 5.14. The van der Waals surface area contributed by atoms with Gasteiger partial charge in [-0.2, -0.15) is 0 Å². The van der Waals surface area contributed by atoms with Crippen LogP contribution in [-0.2, 0) is 6.42 Å². The fourth-order valence-electron chi connectivity index (χ4n) is 2.15. The van der Waals surface area contributed by atoms with Crippen molar-refractivity contribution in [3.8, 4) is 0 Å². The number of benzene rings is 2. The first-order valence-electron chi connectivity index (χ1n) is 6.06. The minimum Gasteiger partial charge on any atom is -0.388 e. The number of hydrogen-bond acceptors (Lipinski definition) is 1. The monoisotopic (exact) mass is 260 g/mol. The molecule has 0 aromatic heterocycles. The maximum absolute atomic E-state index is 10.3. The van der Waals surface area contributed by atoms with Gasteiger partial charge in [-0.15, -0.1) is 0 Å². The molecule has 0 radical (unpaired) electrons. The maximum atomic E-state index is 10.3. The van der Waals surface area contributed by atoms with E-state index < -0.39 is 6.10 Å². The standard InChI is InChI=1S/C16H17ClO/c1-11-3-8-15(12(2)9-11)16(18)10-13-4-6-14(17)7-5-13/h3-9,16,18H,10H2,1-2H3. The first-order valence-corrected chi connectivity index (χ1v) is 6.44. The van der Waals surface area contributed by atoms with Gasteiger partial charge in [-0.05, 0) is 42.7 Å². The first-order chi connectivity index (χ1) is 8.56. The highest BCUT2D eigenvalue weighted by Gasteiger charge is 2.11. The van der Waals surface area contributed by atoms with E-state index in [1.54, 1.807) is 0 Å². The van der Waals surface area contributed by atoms with Crippen LogP contribution in [0, 0.1) is 13.8 Å². The van der Waals surface area contributed by atoms with Gasteiger partial charge in [0.15, 0.2) is 0 Å². The number of aliphatic hydroxyl groups excluding tert-OH is 1. The molecule has 1 unspecified atom stereocenters. The molecule has 0 aliphatic heterocycles. The molecule has 0 aliphatic rings. The predicted molar refractivity (Wildman–Crippen MR) is 76.0 cm³/mol. The van der Waals surface area contributed by atoms with E-state index in [4.69, 9.17) is 11.6 Å². The fraction of sp³-hybridized carbons (Fsp3) is 0.250. The third-order valence-corrected chi connectivity index (χ3v) is 3.38. The summed E-state index contributed by atoms with van der Waals surface area (Å²) in [6.07, 6.45) is 0.146. The van der Waals surface area contributed by atoms with Crippen LogP contribution in [0.25, 0.3) is 0 Å². The molecule has 2 rings (SSSR count). The first kappa shape index (κ1) is 13.1. The van der Waals surface area contributed by atoms with Gasteiger partial charge in [-0.3, -0.25) is 0 Å². The van der Waals surface area contributed by atoms with Crippen LogP contribution in [0.5, 0.6) is 0 Å². The SMILES string of the molecule is Cc1ccc(C(O)Cc2ccc(Cl)cc2)c(C)c1. The molecule has 0 fully saturated rings. The maximum Gasteiger partial charge on any atom is 0.0832 e. The molecule has 2 aromatic carbocycles. The Morgan fingerprint density at radius 2 is 1.72 bits per heavy atom. The van der Waals surface area contributed by atoms with Crippen LogP contribution in [-0.4, -0.2) is 5.11 Å². The Labute approximate surface area is 113 Å². The third kappa shape index (κ3) is 3.12. The van der Waals surface area contributed by atoms with Crippen molar-refractivity contribution in [1.82, 2.24) is 0 Å². The number of hydrogen-bond donors (Lipinski definition) is 1. The van der Waals surface area contributed by atoms with Gasteiger partial charge in [0.25, 0.3) is 0 Å². The second-order valence-electron chi connectivity index (χ2n) is 4.71. The van der Waals surface area contributed by atoms with Crippen molar-refractivity contribution in [3.63, 3.8) is 0 Å². The quantitative estimate of drug-likeness (QED) is 0.876. The highest BCUT2D eigenvalue weighted by atomic mass is 35.5. The minimum atomic E-state index is -0.466. The number of halogens is 1. The summed E-state index contributed by atoms with van der Waals surface area (Å²) >= 11 is 5.85. The van der Waals surface area contributed by atoms with Crippen LogP contribution in [0.1, 0.15) is 28.4 Å². The van der Waals surface area contributed by atoms with Gasteiger partial charge in [0, 0.05) is 11.4 Å². The molecule has 0 heterocycles. The fourth-order valence-corrected chi connectivity index (χ4v) is 2.28. The van der Waals surface area contributed by atoms with E-state index in [0.29, 0.717) is 6.42 Å². The molecule has 0 spiro atoms. The van der Waals surface area contributed by atoms with Crippen molar-refractivity contribution in [3.05, 3.63) is 69.7 Å². The van der Waals surface area contributed by atoms with E-state index >= 15 is 0 Å². The second kappa shape index (κ2) is 5.55. The van der Waals surface area contributed by atoms with Gasteiger partial charge in [-0.25, -0.2) is 0 Å². The van der Waals surface area contributed by atoms with Gasteiger partial charge in [0.1, 0.15) is 0 Å². The largest absolute Gasteiger partial charge is 0.388 e. The molecule has 1 atom stereocenters. The van der Waals surface area contributed by atoms with Crippen LogP contribution in [0.4, 0.5) is 0 Å². The van der Waals surface area contributed by atoms with Crippen molar-refractivity contribution < 1.29 is 5.11 Å².